The number of rotatable bonds is 8. The van der Waals surface area contributed by atoms with E-state index >= 15 is 0 Å². The van der Waals surface area contributed by atoms with E-state index in [4.69, 9.17) is 9.72 Å². The van der Waals surface area contributed by atoms with Crippen LogP contribution in [0.1, 0.15) is 35.9 Å². The van der Waals surface area contributed by atoms with Crippen molar-refractivity contribution in [3.8, 4) is 11.3 Å². The number of fused-ring (bicyclic) bond motifs is 3. The van der Waals surface area contributed by atoms with Crippen LogP contribution in [0.25, 0.3) is 16.2 Å². The summed E-state index contributed by atoms with van der Waals surface area (Å²) in [7, 11) is 1.42. The highest BCUT2D eigenvalue weighted by Gasteiger charge is 2.26. The standard InChI is InChI=1S/C29H28F2N4O4S/c1-16(32-26(36)12-18-9-20(30)14-21(31)10-18)28(38)33-22-6-4-19(5-7-22)23-15-35-24-8-3-17(13-27(37)39-2)11-25(24)40-29(35)34-23/h4-7,9-10,14-17H,3,8,11-13H2,1-2H3,(H,32,36)(H,33,38)/t16-,17?/m1/s1. The Kier molecular flexibility index (Phi) is 7.92. The third-order valence-electron chi connectivity index (χ3n) is 6.95. The second-order valence-electron chi connectivity index (χ2n) is 9.95. The lowest BCUT2D eigenvalue weighted by Crippen LogP contribution is -2.42. The summed E-state index contributed by atoms with van der Waals surface area (Å²) in [6.45, 7) is 1.53. The molecule has 1 unspecified atom stereocenters. The second kappa shape index (κ2) is 11.5. The molecule has 4 aromatic rings. The molecule has 2 heterocycles. The molecule has 1 aliphatic carbocycles. The number of aryl methyl sites for hydroxylation is 1. The van der Waals surface area contributed by atoms with Crippen molar-refractivity contribution >= 4 is 39.8 Å². The molecule has 0 spiro atoms. The number of carbonyl (C=O) groups is 3. The first-order chi connectivity index (χ1) is 19.2. The molecule has 2 aromatic heterocycles. The van der Waals surface area contributed by atoms with Crippen LogP contribution in [-0.2, 0) is 38.4 Å². The van der Waals surface area contributed by atoms with Crippen LogP contribution >= 0.6 is 11.3 Å². The number of aromatic nitrogens is 2. The summed E-state index contributed by atoms with van der Waals surface area (Å²) in [5, 5.41) is 5.31. The molecule has 5 rings (SSSR count). The molecule has 2 atom stereocenters. The van der Waals surface area contributed by atoms with Crippen LogP contribution in [0.4, 0.5) is 14.5 Å². The van der Waals surface area contributed by atoms with E-state index < -0.39 is 29.5 Å². The normalized spacial score (nSPS) is 15.3. The first-order valence-electron chi connectivity index (χ1n) is 12.9. The van der Waals surface area contributed by atoms with Crippen LogP contribution in [-0.4, -0.2) is 40.3 Å². The SMILES string of the molecule is COC(=O)CC1CCc2c(sc3nc(-c4ccc(NC(=O)[C@@H](C)NC(=O)Cc5cc(F)cc(F)c5)cc4)cn23)C1. The third kappa shape index (κ3) is 6.20. The molecule has 0 aliphatic heterocycles. The van der Waals surface area contributed by atoms with Gasteiger partial charge in [0, 0.05) is 40.5 Å². The molecule has 8 nitrogen and oxygen atoms in total. The van der Waals surface area contributed by atoms with Gasteiger partial charge in [0.15, 0.2) is 4.96 Å². The molecule has 0 saturated carbocycles. The van der Waals surface area contributed by atoms with E-state index in [1.165, 1.54) is 24.6 Å². The van der Waals surface area contributed by atoms with Gasteiger partial charge in [0.1, 0.15) is 17.7 Å². The molecule has 2 N–H and O–H groups in total. The average molecular weight is 567 g/mol. The number of anilines is 1. The smallest absolute Gasteiger partial charge is 0.305 e. The van der Waals surface area contributed by atoms with Crippen molar-refractivity contribution in [3.05, 3.63) is 76.4 Å². The van der Waals surface area contributed by atoms with Crippen LogP contribution in [0.3, 0.4) is 0 Å². The molecular weight excluding hydrogens is 538 g/mol. The fourth-order valence-electron chi connectivity index (χ4n) is 4.92. The number of carbonyl (C=O) groups excluding carboxylic acids is 3. The number of amides is 2. The van der Waals surface area contributed by atoms with Gasteiger partial charge in [-0.15, -0.1) is 11.3 Å². The highest BCUT2D eigenvalue weighted by atomic mass is 32.1. The molecule has 2 aromatic carbocycles. The van der Waals surface area contributed by atoms with E-state index in [2.05, 4.69) is 15.0 Å². The topological polar surface area (TPSA) is 102 Å². The van der Waals surface area contributed by atoms with Gasteiger partial charge in [0.2, 0.25) is 11.8 Å². The highest BCUT2D eigenvalue weighted by molar-refractivity contribution is 7.17. The van der Waals surface area contributed by atoms with Gasteiger partial charge in [-0.25, -0.2) is 13.8 Å². The summed E-state index contributed by atoms with van der Waals surface area (Å²) in [5.74, 6) is -2.36. The number of nitrogens with one attached hydrogen (secondary N) is 2. The number of methoxy groups -OCH3 is 1. The largest absolute Gasteiger partial charge is 0.469 e. The minimum absolute atomic E-state index is 0.172. The summed E-state index contributed by atoms with van der Waals surface area (Å²) in [6, 6.07) is 9.28. The fourth-order valence-corrected chi connectivity index (χ4v) is 6.18. The Hall–Kier alpha value is -4.12. The highest BCUT2D eigenvalue weighted by Crippen LogP contribution is 2.35. The van der Waals surface area contributed by atoms with Gasteiger partial charge in [0.05, 0.1) is 19.2 Å². The Morgan fingerprint density at radius 1 is 1.15 bits per heavy atom. The van der Waals surface area contributed by atoms with E-state index in [1.54, 1.807) is 23.5 Å². The summed E-state index contributed by atoms with van der Waals surface area (Å²) in [4.78, 5) is 43.5. The zero-order valence-corrected chi connectivity index (χ0v) is 22.8. The molecule has 1 aliphatic rings. The lowest BCUT2D eigenvalue weighted by molar-refractivity contribution is -0.141. The maximum absolute atomic E-state index is 13.4. The van der Waals surface area contributed by atoms with Gasteiger partial charge in [0.25, 0.3) is 0 Å². The van der Waals surface area contributed by atoms with Crippen LogP contribution in [0.2, 0.25) is 0 Å². The number of imidazole rings is 1. The first kappa shape index (κ1) is 27.4. The summed E-state index contributed by atoms with van der Waals surface area (Å²) in [5.41, 5.74) is 3.68. The Morgan fingerprint density at radius 3 is 2.58 bits per heavy atom. The van der Waals surface area contributed by atoms with Crippen LogP contribution < -0.4 is 10.6 Å². The maximum atomic E-state index is 13.4. The van der Waals surface area contributed by atoms with Crippen molar-refractivity contribution < 1.29 is 27.9 Å². The molecule has 2 amide bonds. The third-order valence-corrected chi connectivity index (χ3v) is 8.07. The number of nitrogens with zero attached hydrogens (tertiary/aromatic N) is 2. The van der Waals surface area contributed by atoms with Crippen molar-refractivity contribution in [2.24, 2.45) is 5.92 Å². The monoisotopic (exact) mass is 566 g/mol. The predicted molar refractivity (Wildman–Crippen MR) is 147 cm³/mol. The number of ether oxygens (including phenoxy) is 1. The van der Waals surface area contributed by atoms with E-state index in [-0.39, 0.29) is 18.0 Å². The van der Waals surface area contributed by atoms with Gasteiger partial charge in [-0.2, -0.15) is 0 Å². The van der Waals surface area contributed by atoms with E-state index in [1.807, 2.05) is 18.3 Å². The first-order valence-corrected chi connectivity index (χ1v) is 13.7. The zero-order chi connectivity index (χ0) is 28.4. The minimum atomic E-state index is -0.857. The van der Waals surface area contributed by atoms with Crippen LogP contribution in [0, 0.1) is 17.6 Å². The van der Waals surface area contributed by atoms with Crippen LogP contribution in [0.5, 0.6) is 0 Å². The van der Waals surface area contributed by atoms with Gasteiger partial charge in [-0.05, 0) is 61.9 Å². The quantitative estimate of drug-likeness (QED) is 0.301. The average Bonchev–Trinajstić information content (AvgIpc) is 3.46. The number of hydrogen-bond acceptors (Lipinski definition) is 6. The van der Waals surface area contributed by atoms with Crippen LogP contribution in [0.15, 0.2) is 48.7 Å². The Labute approximate surface area is 233 Å². The Morgan fingerprint density at radius 2 is 1.88 bits per heavy atom. The molecule has 0 saturated heterocycles. The molecule has 0 radical (unpaired) electrons. The number of benzene rings is 2. The Balaban J connectivity index is 1.18. The van der Waals surface area contributed by atoms with Gasteiger partial charge < -0.3 is 15.4 Å². The number of halogens is 2. The van der Waals surface area contributed by atoms with Crippen molar-refractivity contribution in [2.75, 3.05) is 12.4 Å². The van der Waals surface area contributed by atoms with Crippen molar-refractivity contribution in [1.29, 1.82) is 0 Å². The van der Waals surface area contributed by atoms with Gasteiger partial charge in [-0.3, -0.25) is 18.8 Å². The predicted octanol–water partition coefficient (Wildman–Crippen LogP) is 4.69. The van der Waals surface area contributed by atoms with E-state index in [0.717, 1.165) is 53.7 Å². The van der Waals surface area contributed by atoms with E-state index in [0.29, 0.717) is 18.0 Å². The number of hydrogen-bond donors (Lipinski definition) is 2. The van der Waals surface area contributed by atoms with Crippen molar-refractivity contribution in [3.63, 3.8) is 0 Å². The minimum Gasteiger partial charge on any atom is -0.469 e. The molecule has 0 fully saturated rings. The van der Waals surface area contributed by atoms with Crippen molar-refractivity contribution in [1.82, 2.24) is 14.7 Å². The lowest BCUT2D eigenvalue weighted by atomic mass is 9.88. The van der Waals surface area contributed by atoms with Gasteiger partial charge >= 0.3 is 5.97 Å². The summed E-state index contributed by atoms with van der Waals surface area (Å²) in [6.07, 6.45) is 4.86. The lowest BCUT2D eigenvalue weighted by Gasteiger charge is -2.20. The molecular formula is C29H28F2N4O4S. The van der Waals surface area contributed by atoms with E-state index in [9.17, 15) is 23.2 Å². The maximum Gasteiger partial charge on any atom is 0.305 e. The number of thiazole rings is 1. The number of esters is 1. The summed E-state index contributed by atoms with van der Waals surface area (Å²) >= 11 is 1.65. The summed E-state index contributed by atoms with van der Waals surface area (Å²) < 4.78 is 33.7. The molecule has 0 bridgehead atoms. The Bertz CT molecular complexity index is 1560. The van der Waals surface area contributed by atoms with Gasteiger partial charge in [-0.1, -0.05) is 12.1 Å². The molecule has 11 heteroatoms. The second-order valence-corrected chi connectivity index (χ2v) is 11.0. The molecule has 208 valence electrons. The van der Waals surface area contributed by atoms with Crippen molar-refractivity contribution in [2.45, 2.75) is 45.1 Å². The fraction of sp³-hybridized carbons (Fsp3) is 0.310. The zero-order valence-electron chi connectivity index (χ0n) is 22.0. The molecule has 40 heavy (non-hydrogen) atoms.